The normalized spacial score (nSPS) is 9.90. The molecule has 0 aliphatic carbocycles. The molecule has 9 heteroatoms. The molecule has 0 unspecified atom stereocenters. The van der Waals surface area contributed by atoms with E-state index >= 15 is 0 Å². The first-order valence-electron chi connectivity index (χ1n) is 5.57. The number of hydrogen-bond donors (Lipinski definition) is 1. The van der Waals surface area contributed by atoms with E-state index in [1.54, 1.807) is 0 Å². The van der Waals surface area contributed by atoms with Crippen LogP contribution in [0.2, 0.25) is 0 Å². The summed E-state index contributed by atoms with van der Waals surface area (Å²) in [4.78, 5) is 41.1. The molecule has 0 spiro atoms. The third kappa shape index (κ3) is 2.81. The van der Waals surface area contributed by atoms with Crippen molar-refractivity contribution < 1.29 is 19.6 Å². The Morgan fingerprint density at radius 1 is 1.38 bits per heavy atom. The second-order valence-electron chi connectivity index (χ2n) is 3.80. The predicted octanol–water partition coefficient (Wildman–Crippen LogP) is 1.38. The molecule has 9 nitrogen and oxygen atoms in total. The minimum atomic E-state index is -1.40. The van der Waals surface area contributed by atoms with Crippen molar-refractivity contribution in [1.82, 2.24) is 9.97 Å². The molecule has 0 aliphatic heterocycles. The van der Waals surface area contributed by atoms with Gasteiger partial charge in [0.2, 0.25) is 6.41 Å². The molecule has 0 aliphatic rings. The van der Waals surface area contributed by atoms with Gasteiger partial charge >= 0.3 is 5.97 Å². The minimum Gasteiger partial charge on any atom is -0.478 e. The first kappa shape index (κ1) is 14.1. The van der Waals surface area contributed by atoms with Gasteiger partial charge in [-0.2, -0.15) is 0 Å². The number of hydrogen-bond acceptors (Lipinski definition) is 6. The lowest BCUT2D eigenvalue weighted by Crippen LogP contribution is -2.19. The van der Waals surface area contributed by atoms with Gasteiger partial charge in [0.05, 0.1) is 22.4 Å². The summed E-state index contributed by atoms with van der Waals surface area (Å²) in [5.41, 5.74) is -0.813. The molecule has 1 heterocycles. The molecular weight excluding hydrogens is 280 g/mol. The number of carbonyl (C=O) groups is 2. The lowest BCUT2D eigenvalue weighted by molar-refractivity contribution is -0.384. The summed E-state index contributed by atoms with van der Waals surface area (Å²) in [6, 6.07) is 3.16. The summed E-state index contributed by atoms with van der Waals surface area (Å²) in [7, 11) is 0. The van der Waals surface area contributed by atoms with Crippen LogP contribution in [-0.4, -0.2) is 32.4 Å². The molecular formula is C12H8N4O5. The zero-order valence-electron chi connectivity index (χ0n) is 10.4. The number of carbonyl (C=O) groups excluding carboxylic acids is 1. The SMILES string of the molecule is O=CN(c1cnccn1)c1ccc([N+](=O)[O-])cc1C(=O)O. The molecule has 2 rings (SSSR count). The topological polar surface area (TPSA) is 127 Å². The number of amides is 1. The summed E-state index contributed by atoms with van der Waals surface area (Å²) in [6.07, 6.45) is 4.34. The smallest absolute Gasteiger partial charge is 0.338 e. The van der Waals surface area contributed by atoms with Crippen molar-refractivity contribution in [1.29, 1.82) is 0 Å². The van der Waals surface area contributed by atoms with Crippen LogP contribution in [0.5, 0.6) is 0 Å². The molecule has 0 atom stereocenters. The van der Waals surface area contributed by atoms with E-state index in [-0.39, 0.29) is 22.8 Å². The summed E-state index contributed by atoms with van der Waals surface area (Å²) in [6.45, 7) is 0. The molecule has 0 radical (unpaired) electrons. The summed E-state index contributed by atoms with van der Waals surface area (Å²) >= 11 is 0. The molecule has 1 amide bonds. The molecule has 21 heavy (non-hydrogen) atoms. The molecule has 106 valence electrons. The van der Waals surface area contributed by atoms with Crippen LogP contribution in [0.4, 0.5) is 17.2 Å². The molecule has 1 aromatic heterocycles. The number of rotatable bonds is 5. The van der Waals surface area contributed by atoms with Crippen LogP contribution in [0.25, 0.3) is 0 Å². The van der Waals surface area contributed by atoms with Gasteiger partial charge in [-0.05, 0) is 6.07 Å². The Morgan fingerprint density at radius 2 is 2.14 bits per heavy atom. The minimum absolute atomic E-state index is 0.0383. The average molecular weight is 288 g/mol. The highest BCUT2D eigenvalue weighted by atomic mass is 16.6. The van der Waals surface area contributed by atoms with E-state index in [4.69, 9.17) is 5.11 Å². The van der Waals surface area contributed by atoms with E-state index in [2.05, 4.69) is 9.97 Å². The highest BCUT2D eigenvalue weighted by Gasteiger charge is 2.21. The number of anilines is 2. The maximum absolute atomic E-state index is 11.2. The fraction of sp³-hybridized carbons (Fsp3) is 0. The summed E-state index contributed by atoms with van der Waals surface area (Å²) < 4.78 is 0. The summed E-state index contributed by atoms with van der Waals surface area (Å²) in [5, 5.41) is 19.9. The van der Waals surface area contributed by atoms with Crippen LogP contribution in [0, 0.1) is 10.1 Å². The lowest BCUT2D eigenvalue weighted by atomic mass is 10.1. The van der Waals surface area contributed by atoms with Gasteiger partial charge in [-0.3, -0.25) is 24.8 Å². The van der Waals surface area contributed by atoms with Crippen molar-refractivity contribution in [2.24, 2.45) is 0 Å². The number of aromatic carboxylic acids is 1. The Bertz CT molecular complexity index is 704. The highest BCUT2D eigenvalue weighted by molar-refractivity contribution is 6.00. The number of benzene rings is 1. The van der Waals surface area contributed by atoms with Crippen LogP contribution in [-0.2, 0) is 4.79 Å². The van der Waals surface area contributed by atoms with Gasteiger partial charge < -0.3 is 5.11 Å². The molecule has 0 bridgehead atoms. The lowest BCUT2D eigenvalue weighted by Gasteiger charge is -2.17. The fourth-order valence-corrected chi connectivity index (χ4v) is 1.67. The van der Waals surface area contributed by atoms with Crippen molar-refractivity contribution in [3.05, 3.63) is 52.5 Å². The maximum atomic E-state index is 11.2. The van der Waals surface area contributed by atoms with Crippen molar-refractivity contribution in [3.8, 4) is 0 Å². The van der Waals surface area contributed by atoms with Gasteiger partial charge in [-0.15, -0.1) is 0 Å². The quantitative estimate of drug-likeness (QED) is 0.500. The van der Waals surface area contributed by atoms with Crippen LogP contribution in [0.3, 0.4) is 0 Å². The molecule has 1 aromatic carbocycles. The number of nitro benzene ring substituents is 1. The Balaban J connectivity index is 2.58. The zero-order chi connectivity index (χ0) is 15.4. The molecule has 0 saturated carbocycles. The molecule has 0 fully saturated rings. The van der Waals surface area contributed by atoms with E-state index in [0.29, 0.717) is 6.41 Å². The number of carboxylic acid groups (broad SMARTS) is 1. The van der Waals surface area contributed by atoms with Crippen molar-refractivity contribution in [2.45, 2.75) is 0 Å². The van der Waals surface area contributed by atoms with Gasteiger partial charge in [-0.25, -0.2) is 9.78 Å². The third-order valence-corrected chi connectivity index (χ3v) is 2.58. The van der Waals surface area contributed by atoms with Crippen LogP contribution in [0.1, 0.15) is 10.4 Å². The van der Waals surface area contributed by atoms with Crippen LogP contribution in [0.15, 0.2) is 36.8 Å². The van der Waals surface area contributed by atoms with E-state index < -0.39 is 10.9 Å². The monoisotopic (exact) mass is 288 g/mol. The van der Waals surface area contributed by atoms with Crippen molar-refractivity contribution in [3.63, 3.8) is 0 Å². The van der Waals surface area contributed by atoms with Gasteiger partial charge in [0.25, 0.3) is 5.69 Å². The van der Waals surface area contributed by atoms with E-state index in [1.807, 2.05) is 0 Å². The summed E-state index contributed by atoms with van der Waals surface area (Å²) in [5.74, 6) is -1.30. The zero-order valence-corrected chi connectivity index (χ0v) is 10.4. The fourth-order valence-electron chi connectivity index (χ4n) is 1.67. The first-order valence-corrected chi connectivity index (χ1v) is 5.57. The first-order chi connectivity index (χ1) is 10.0. The largest absolute Gasteiger partial charge is 0.478 e. The highest BCUT2D eigenvalue weighted by Crippen LogP contribution is 2.28. The Morgan fingerprint density at radius 3 is 2.67 bits per heavy atom. The van der Waals surface area contributed by atoms with Crippen molar-refractivity contribution in [2.75, 3.05) is 4.90 Å². The standard InChI is InChI=1S/C12H8N4O5/c17-7-15(11-6-13-3-4-14-11)10-2-1-8(16(20)21)5-9(10)12(18)19/h1-7H,(H,18,19). The average Bonchev–Trinajstić information content (AvgIpc) is 2.49. The van der Waals surface area contributed by atoms with Gasteiger partial charge in [0, 0.05) is 24.5 Å². The number of non-ortho nitro benzene ring substituents is 1. The Kier molecular flexibility index (Phi) is 3.84. The number of carboxylic acids is 1. The molecule has 2 aromatic rings. The van der Waals surface area contributed by atoms with Gasteiger partial charge in [-0.1, -0.05) is 0 Å². The van der Waals surface area contributed by atoms with Gasteiger partial charge in [0.1, 0.15) is 0 Å². The Labute approximate surface area is 117 Å². The van der Waals surface area contributed by atoms with E-state index in [9.17, 15) is 19.7 Å². The molecule has 0 saturated heterocycles. The predicted molar refractivity (Wildman–Crippen MR) is 70.3 cm³/mol. The van der Waals surface area contributed by atoms with E-state index in [1.165, 1.54) is 24.7 Å². The van der Waals surface area contributed by atoms with Crippen LogP contribution < -0.4 is 4.90 Å². The second-order valence-corrected chi connectivity index (χ2v) is 3.80. The van der Waals surface area contributed by atoms with Gasteiger partial charge in [0.15, 0.2) is 5.82 Å². The van der Waals surface area contributed by atoms with E-state index in [0.717, 1.165) is 17.0 Å². The third-order valence-electron chi connectivity index (χ3n) is 2.58. The second kappa shape index (κ2) is 5.74. The van der Waals surface area contributed by atoms with Crippen LogP contribution >= 0.6 is 0 Å². The van der Waals surface area contributed by atoms with Crippen molar-refractivity contribution >= 4 is 29.6 Å². The Hall–Kier alpha value is -3.36. The number of aromatic nitrogens is 2. The number of nitro groups is 1. The maximum Gasteiger partial charge on any atom is 0.338 e. The molecule has 1 N–H and O–H groups in total. The number of nitrogens with zero attached hydrogens (tertiary/aromatic N) is 4.